The summed E-state index contributed by atoms with van der Waals surface area (Å²) in [5.41, 5.74) is 7.45. The van der Waals surface area contributed by atoms with Crippen molar-refractivity contribution in [3.05, 3.63) is 60.2 Å². The Morgan fingerprint density at radius 3 is 2.69 bits per heavy atom. The summed E-state index contributed by atoms with van der Waals surface area (Å²) in [6, 6.07) is 9.44. The number of hydrogen-bond donors (Lipinski definition) is 1. The van der Waals surface area contributed by atoms with Crippen LogP contribution in [-0.4, -0.2) is 74.6 Å². The lowest BCUT2D eigenvalue weighted by atomic mass is 10.2. The van der Waals surface area contributed by atoms with Gasteiger partial charge in [0.25, 0.3) is 0 Å². The van der Waals surface area contributed by atoms with Crippen molar-refractivity contribution in [2.24, 2.45) is 0 Å². The molecule has 204 valence electrons. The first kappa shape index (κ1) is 27.4. The van der Waals surface area contributed by atoms with Gasteiger partial charge in [-0.3, -0.25) is 9.69 Å². The SMILES string of the molecule is CCOC(=O)CN(C(=O)Oc1cnc(-c2nn(Cc3ccccc3F)c3ncccc23)nc1N)C(C)COC. The van der Waals surface area contributed by atoms with E-state index in [1.165, 1.54) is 24.3 Å². The molecule has 13 heteroatoms. The van der Waals surface area contributed by atoms with Crippen molar-refractivity contribution < 1.29 is 28.2 Å². The van der Waals surface area contributed by atoms with E-state index in [1.54, 1.807) is 55.1 Å². The fourth-order valence-electron chi connectivity index (χ4n) is 3.88. The molecule has 1 atom stereocenters. The first-order chi connectivity index (χ1) is 18.8. The van der Waals surface area contributed by atoms with Crippen molar-refractivity contribution >= 4 is 28.9 Å². The monoisotopic (exact) mass is 537 g/mol. The molecule has 0 saturated heterocycles. The van der Waals surface area contributed by atoms with Crippen molar-refractivity contribution in [1.29, 1.82) is 0 Å². The summed E-state index contributed by atoms with van der Waals surface area (Å²) in [7, 11) is 1.48. The number of fused-ring (bicyclic) bond motifs is 1. The van der Waals surface area contributed by atoms with Gasteiger partial charge < -0.3 is 19.9 Å². The lowest BCUT2D eigenvalue weighted by Gasteiger charge is -2.27. The van der Waals surface area contributed by atoms with Crippen LogP contribution in [0.1, 0.15) is 19.4 Å². The van der Waals surface area contributed by atoms with E-state index in [2.05, 4.69) is 20.1 Å². The van der Waals surface area contributed by atoms with Crippen molar-refractivity contribution in [3.8, 4) is 17.3 Å². The second-order valence-electron chi connectivity index (χ2n) is 8.52. The molecule has 0 radical (unpaired) electrons. The summed E-state index contributed by atoms with van der Waals surface area (Å²) < 4.78 is 31.3. The van der Waals surface area contributed by atoms with E-state index in [0.717, 1.165) is 0 Å². The number of pyridine rings is 1. The van der Waals surface area contributed by atoms with Gasteiger partial charge in [-0.2, -0.15) is 5.10 Å². The normalized spacial score (nSPS) is 11.8. The minimum Gasteiger partial charge on any atom is -0.465 e. The number of ether oxygens (including phenoxy) is 3. The summed E-state index contributed by atoms with van der Waals surface area (Å²) in [5.74, 6) is -1.01. The van der Waals surface area contributed by atoms with E-state index in [9.17, 15) is 14.0 Å². The fraction of sp³-hybridized carbons (Fsp3) is 0.308. The van der Waals surface area contributed by atoms with Crippen molar-refractivity contribution in [1.82, 2.24) is 29.6 Å². The van der Waals surface area contributed by atoms with Gasteiger partial charge >= 0.3 is 12.1 Å². The molecule has 12 nitrogen and oxygen atoms in total. The number of anilines is 1. The van der Waals surface area contributed by atoms with Crippen LogP contribution in [0.5, 0.6) is 5.75 Å². The number of benzene rings is 1. The van der Waals surface area contributed by atoms with Crippen molar-refractivity contribution in [2.45, 2.75) is 26.4 Å². The largest absolute Gasteiger partial charge is 0.465 e. The van der Waals surface area contributed by atoms with Crippen LogP contribution in [0.25, 0.3) is 22.6 Å². The number of methoxy groups -OCH3 is 1. The van der Waals surface area contributed by atoms with Crippen LogP contribution in [0.4, 0.5) is 15.0 Å². The van der Waals surface area contributed by atoms with Crippen molar-refractivity contribution in [3.63, 3.8) is 0 Å². The Labute approximate surface area is 223 Å². The van der Waals surface area contributed by atoms with Crippen LogP contribution < -0.4 is 10.5 Å². The maximum atomic E-state index is 14.3. The quantitative estimate of drug-likeness (QED) is 0.299. The number of carbonyl (C=O) groups excluding carboxylic acids is 2. The lowest BCUT2D eigenvalue weighted by Crippen LogP contribution is -2.46. The lowest BCUT2D eigenvalue weighted by molar-refractivity contribution is -0.144. The Bertz CT molecular complexity index is 1480. The minimum absolute atomic E-state index is 0.101. The fourth-order valence-corrected chi connectivity index (χ4v) is 3.88. The molecule has 4 aromatic rings. The van der Waals surface area contributed by atoms with E-state index in [1.807, 2.05) is 0 Å². The summed E-state index contributed by atoms with van der Waals surface area (Å²) in [4.78, 5) is 39.1. The van der Waals surface area contributed by atoms with Crippen LogP contribution in [0.2, 0.25) is 0 Å². The van der Waals surface area contributed by atoms with E-state index in [4.69, 9.17) is 19.9 Å². The van der Waals surface area contributed by atoms with E-state index in [0.29, 0.717) is 22.3 Å². The number of rotatable bonds is 10. The van der Waals surface area contributed by atoms with E-state index >= 15 is 0 Å². The predicted octanol–water partition coefficient (Wildman–Crippen LogP) is 3.06. The van der Waals surface area contributed by atoms with Crippen LogP contribution in [0, 0.1) is 5.82 Å². The smallest absolute Gasteiger partial charge is 0.416 e. The summed E-state index contributed by atoms with van der Waals surface area (Å²) in [5, 5.41) is 5.21. The zero-order chi connectivity index (χ0) is 27.9. The van der Waals surface area contributed by atoms with E-state index < -0.39 is 18.1 Å². The molecule has 0 fully saturated rings. The molecule has 1 amide bonds. The van der Waals surface area contributed by atoms with Gasteiger partial charge in [0, 0.05) is 18.9 Å². The number of hydrogen-bond acceptors (Lipinski definition) is 10. The average Bonchev–Trinajstić information content (AvgIpc) is 3.28. The Morgan fingerprint density at radius 1 is 1.18 bits per heavy atom. The molecule has 4 rings (SSSR count). The van der Waals surface area contributed by atoms with Gasteiger partial charge in [-0.25, -0.2) is 28.8 Å². The number of esters is 1. The maximum absolute atomic E-state index is 14.3. The minimum atomic E-state index is -0.848. The number of amides is 1. The van der Waals surface area contributed by atoms with Crippen LogP contribution in [0.15, 0.2) is 48.8 Å². The van der Waals surface area contributed by atoms with Crippen molar-refractivity contribution in [2.75, 3.05) is 32.6 Å². The standard InChI is InChI=1S/C26H28FN7O5/c1-4-38-21(35)14-33(16(2)15-37-3)26(36)39-20-12-30-24(31-23(20)28)22-18-9-7-11-29-25(18)34(32-22)13-17-8-5-6-10-19(17)27/h5-12,16H,4,13-15H2,1-3H3,(H2,28,30,31). The van der Waals surface area contributed by atoms with Gasteiger partial charge in [0.1, 0.15) is 18.1 Å². The van der Waals surface area contributed by atoms with Crippen LogP contribution in [-0.2, 0) is 20.8 Å². The van der Waals surface area contributed by atoms with Gasteiger partial charge in [0.05, 0.1) is 37.4 Å². The molecule has 2 N–H and O–H groups in total. The Kier molecular flexibility index (Phi) is 8.61. The molecule has 1 unspecified atom stereocenters. The molecule has 0 aliphatic carbocycles. The van der Waals surface area contributed by atoms with E-state index in [-0.39, 0.29) is 49.5 Å². The molecule has 0 bridgehead atoms. The second-order valence-corrected chi connectivity index (χ2v) is 8.52. The summed E-state index contributed by atoms with van der Waals surface area (Å²) >= 11 is 0. The second kappa shape index (κ2) is 12.3. The predicted molar refractivity (Wildman–Crippen MR) is 139 cm³/mol. The van der Waals surface area contributed by atoms with Gasteiger partial charge in [-0.1, -0.05) is 18.2 Å². The van der Waals surface area contributed by atoms with Gasteiger partial charge in [-0.15, -0.1) is 0 Å². The average molecular weight is 538 g/mol. The van der Waals surface area contributed by atoms with Gasteiger partial charge in [-0.05, 0) is 32.0 Å². The summed E-state index contributed by atoms with van der Waals surface area (Å²) in [6.07, 6.45) is 2.01. The molecule has 0 aliphatic heterocycles. The Hall–Kier alpha value is -4.65. The zero-order valence-corrected chi connectivity index (χ0v) is 21.7. The first-order valence-electron chi connectivity index (χ1n) is 12.1. The number of nitrogen functional groups attached to an aromatic ring is 1. The summed E-state index contributed by atoms with van der Waals surface area (Å²) in [6.45, 7) is 3.50. The third kappa shape index (κ3) is 6.26. The van der Waals surface area contributed by atoms with Gasteiger partial charge in [0.15, 0.2) is 23.0 Å². The highest BCUT2D eigenvalue weighted by molar-refractivity contribution is 5.89. The maximum Gasteiger partial charge on any atom is 0.416 e. The zero-order valence-electron chi connectivity index (χ0n) is 21.7. The number of halogens is 1. The highest BCUT2D eigenvalue weighted by Crippen LogP contribution is 2.28. The number of carbonyl (C=O) groups is 2. The Balaban J connectivity index is 1.60. The molecule has 0 saturated carbocycles. The number of nitrogens with zero attached hydrogens (tertiary/aromatic N) is 6. The van der Waals surface area contributed by atoms with Gasteiger partial charge in [0.2, 0.25) is 0 Å². The van der Waals surface area contributed by atoms with Crippen LogP contribution >= 0.6 is 0 Å². The molecular formula is C26H28FN7O5. The van der Waals surface area contributed by atoms with Crippen LogP contribution in [0.3, 0.4) is 0 Å². The highest BCUT2D eigenvalue weighted by Gasteiger charge is 2.27. The molecule has 39 heavy (non-hydrogen) atoms. The first-order valence-corrected chi connectivity index (χ1v) is 12.1. The number of aromatic nitrogens is 5. The highest BCUT2D eigenvalue weighted by atomic mass is 19.1. The third-order valence-electron chi connectivity index (χ3n) is 5.76. The molecule has 0 aliphatic rings. The molecule has 0 spiro atoms. The number of nitrogens with two attached hydrogens (primary N) is 1. The molecule has 3 heterocycles. The molecule has 3 aromatic heterocycles. The topological polar surface area (TPSA) is 148 Å². The molecule has 1 aromatic carbocycles. The Morgan fingerprint density at radius 2 is 1.97 bits per heavy atom. The molecular weight excluding hydrogens is 509 g/mol. The third-order valence-corrected chi connectivity index (χ3v) is 5.76.